The number of urea groups is 1. The second-order valence-electron chi connectivity index (χ2n) is 7.81. The van der Waals surface area contributed by atoms with E-state index in [1.165, 1.54) is 32.1 Å². The van der Waals surface area contributed by atoms with Gasteiger partial charge < -0.3 is 10.6 Å². The Hall–Kier alpha value is -2.48. The summed E-state index contributed by atoms with van der Waals surface area (Å²) in [7, 11) is 0. The summed E-state index contributed by atoms with van der Waals surface area (Å²) in [6.45, 7) is 3.99. The number of unbranched alkanes of at least 4 members (excludes halogenated alkanes) is 1. The van der Waals surface area contributed by atoms with E-state index in [2.05, 4.69) is 29.4 Å². The van der Waals surface area contributed by atoms with Gasteiger partial charge in [-0.05, 0) is 55.9 Å². The zero-order valence-electron chi connectivity index (χ0n) is 16.8. The van der Waals surface area contributed by atoms with E-state index in [4.69, 9.17) is 0 Å². The lowest BCUT2D eigenvalue weighted by Gasteiger charge is -2.27. The molecule has 1 aromatic rings. The van der Waals surface area contributed by atoms with Crippen LogP contribution in [0, 0.1) is 23.7 Å². The van der Waals surface area contributed by atoms with Crippen molar-refractivity contribution < 1.29 is 9.59 Å². The Balaban J connectivity index is 1.40. The van der Waals surface area contributed by atoms with E-state index < -0.39 is 0 Å². The molecule has 5 heteroatoms. The van der Waals surface area contributed by atoms with E-state index in [9.17, 15) is 9.59 Å². The Bertz CT molecular complexity index is 724. The first kappa shape index (κ1) is 20.3. The molecular weight excluding hydrogens is 350 g/mol. The molecule has 28 heavy (non-hydrogen) atoms. The first-order valence-electron chi connectivity index (χ1n) is 10.6. The fraction of sp³-hybridized carbons (Fsp3) is 0.565. The first-order chi connectivity index (χ1) is 13.7. The number of carbonyl (C=O) groups is 2. The quantitative estimate of drug-likeness (QED) is 0.739. The number of anilines is 1. The van der Waals surface area contributed by atoms with Crippen LogP contribution >= 0.6 is 0 Å². The van der Waals surface area contributed by atoms with Crippen LogP contribution in [0.4, 0.5) is 10.5 Å². The molecule has 3 rings (SSSR count). The molecule has 0 spiro atoms. The van der Waals surface area contributed by atoms with Crippen molar-refractivity contribution in [3.8, 4) is 11.8 Å². The average molecular weight is 382 g/mol. The maximum absolute atomic E-state index is 12.3. The van der Waals surface area contributed by atoms with Crippen LogP contribution in [0.3, 0.4) is 0 Å². The van der Waals surface area contributed by atoms with E-state index in [0.29, 0.717) is 19.6 Å². The van der Waals surface area contributed by atoms with Crippen molar-refractivity contribution in [2.24, 2.45) is 11.8 Å². The summed E-state index contributed by atoms with van der Waals surface area (Å²) in [4.78, 5) is 25.7. The number of hydrogen-bond donors (Lipinski definition) is 2. The molecule has 2 fully saturated rings. The van der Waals surface area contributed by atoms with Crippen LogP contribution in [0.2, 0.25) is 0 Å². The zero-order valence-corrected chi connectivity index (χ0v) is 16.8. The number of hydrogen-bond acceptors (Lipinski definition) is 2. The molecule has 0 aromatic heterocycles. The van der Waals surface area contributed by atoms with Crippen LogP contribution in [0.25, 0.3) is 0 Å². The molecule has 1 aliphatic heterocycles. The summed E-state index contributed by atoms with van der Waals surface area (Å²) >= 11 is 0. The largest absolute Gasteiger partial charge is 0.345 e. The Morgan fingerprint density at radius 3 is 2.61 bits per heavy atom. The smallest absolute Gasteiger partial charge is 0.321 e. The van der Waals surface area contributed by atoms with Crippen molar-refractivity contribution in [3.63, 3.8) is 0 Å². The first-order valence-corrected chi connectivity index (χ1v) is 10.6. The number of amides is 3. The molecule has 1 saturated carbocycles. The molecular formula is C23H31N3O2. The molecule has 1 heterocycles. The second kappa shape index (κ2) is 10.2. The molecule has 2 aliphatic rings. The highest BCUT2D eigenvalue weighted by molar-refractivity contribution is 5.94. The topological polar surface area (TPSA) is 61.4 Å². The van der Waals surface area contributed by atoms with Gasteiger partial charge in [0, 0.05) is 30.3 Å². The van der Waals surface area contributed by atoms with E-state index >= 15 is 0 Å². The number of rotatable bonds is 6. The predicted molar refractivity (Wildman–Crippen MR) is 112 cm³/mol. The molecule has 1 aromatic carbocycles. The summed E-state index contributed by atoms with van der Waals surface area (Å²) in [5.74, 6) is 7.24. The predicted octanol–water partition coefficient (Wildman–Crippen LogP) is 3.68. The minimum absolute atomic E-state index is 0.0547. The number of nitrogens with zero attached hydrogens (tertiary/aromatic N) is 1. The minimum atomic E-state index is -0.0547. The van der Waals surface area contributed by atoms with Crippen molar-refractivity contribution in [1.29, 1.82) is 0 Å². The van der Waals surface area contributed by atoms with Crippen molar-refractivity contribution in [2.45, 2.75) is 51.9 Å². The summed E-state index contributed by atoms with van der Waals surface area (Å²) in [6.07, 6.45) is 8.28. The van der Waals surface area contributed by atoms with Gasteiger partial charge in [-0.3, -0.25) is 9.69 Å². The average Bonchev–Trinajstić information content (AvgIpc) is 3.16. The molecule has 0 bridgehead atoms. The normalized spacial score (nSPS) is 21.6. The molecule has 0 radical (unpaired) electrons. The number of nitrogens with one attached hydrogen (secondary N) is 2. The summed E-state index contributed by atoms with van der Waals surface area (Å²) in [6, 6.07) is 7.58. The highest BCUT2D eigenvalue weighted by atomic mass is 16.2. The van der Waals surface area contributed by atoms with E-state index in [1.807, 2.05) is 24.3 Å². The minimum Gasteiger partial charge on any atom is -0.345 e. The van der Waals surface area contributed by atoms with E-state index in [1.54, 1.807) is 4.90 Å². The van der Waals surface area contributed by atoms with Gasteiger partial charge in [-0.2, -0.15) is 0 Å². The van der Waals surface area contributed by atoms with Crippen molar-refractivity contribution in [1.82, 2.24) is 10.6 Å². The third-order valence-corrected chi connectivity index (χ3v) is 5.80. The van der Waals surface area contributed by atoms with Gasteiger partial charge in [0.2, 0.25) is 5.91 Å². The maximum atomic E-state index is 12.3. The van der Waals surface area contributed by atoms with Gasteiger partial charge in [-0.1, -0.05) is 38.0 Å². The van der Waals surface area contributed by atoms with Gasteiger partial charge in [0.25, 0.3) is 0 Å². The van der Waals surface area contributed by atoms with Crippen LogP contribution in [-0.2, 0) is 4.79 Å². The Morgan fingerprint density at radius 1 is 1.21 bits per heavy atom. The van der Waals surface area contributed by atoms with Crippen LogP contribution in [0.5, 0.6) is 0 Å². The molecule has 0 unspecified atom stereocenters. The lowest BCUT2D eigenvalue weighted by atomic mass is 9.79. The lowest BCUT2D eigenvalue weighted by Crippen LogP contribution is -2.33. The molecule has 1 aliphatic carbocycles. The van der Waals surface area contributed by atoms with Crippen molar-refractivity contribution in [3.05, 3.63) is 29.8 Å². The lowest BCUT2D eigenvalue weighted by molar-refractivity contribution is -0.125. The van der Waals surface area contributed by atoms with E-state index in [-0.39, 0.29) is 17.9 Å². The van der Waals surface area contributed by atoms with Gasteiger partial charge in [0.15, 0.2) is 0 Å². The van der Waals surface area contributed by atoms with Crippen LogP contribution in [-0.4, -0.2) is 31.6 Å². The van der Waals surface area contributed by atoms with Gasteiger partial charge in [-0.15, -0.1) is 0 Å². The third-order valence-electron chi connectivity index (χ3n) is 5.80. The third kappa shape index (κ3) is 5.51. The molecule has 3 amide bonds. The van der Waals surface area contributed by atoms with Crippen molar-refractivity contribution >= 4 is 17.6 Å². The Kier molecular flexibility index (Phi) is 7.36. The van der Waals surface area contributed by atoms with E-state index in [0.717, 1.165) is 30.0 Å². The highest BCUT2D eigenvalue weighted by Gasteiger charge is 2.25. The molecule has 2 N–H and O–H groups in total. The SMILES string of the molecule is CCCCC1CCC(C(=O)NCC#Cc2ccc(N3CCNC3=O)cc2)CC1. The summed E-state index contributed by atoms with van der Waals surface area (Å²) in [5, 5.41) is 5.76. The summed E-state index contributed by atoms with van der Waals surface area (Å²) in [5.41, 5.74) is 1.76. The molecule has 1 saturated heterocycles. The van der Waals surface area contributed by atoms with Crippen LogP contribution in [0.15, 0.2) is 24.3 Å². The Labute approximate surface area is 168 Å². The highest BCUT2D eigenvalue weighted by Crippen LogP contribution is 2.31. The monoisotopic (exact) mass is 381 g/mol. The summed E-state index contributed by atoms with van der Waals surface area (Å²) < 4.78 is 0. The van der Waals surface area contributed by atoms with Crippen molar-refractivity contribution in [2.75, 3.05) is 24.5 Å². The number of carbonyl (C=O) groups excluding carboxylic acids is 2. The standard InChI is InChI=1S/C23H31N3O2/c1-2-3-5-18-7-11-20(12-8-18)22(27)24-15-4-6-19-9-13-21(14-10-19)26-17-16-25-23(26)28/h9-10,13-14,18,20H,2-3,5,7-8,11-12,15-17H2,1H3,(H,24,27)(H,25,28). The fourth-order valence-electron chi connectivity index (χ4n) is 4.07. The van der Waals surface area contributed by atoms with Gasteiger partial charge in [0.1, 0.15) is 0 Å². The fourth-order valence-corrected chi connectivity index (χ4v) is 4.07. The molecule has 5 nitrogen and oxygen atoms in total. The van der Waals surface area contributed by atoms with Gasteiger partial charge >= 0.3 is 6.03 Å². The zero-order chi connectivity index (χ0) is 19.8. The van der Waals surface area contributed by atoms with Gasteiger partial charge in [-0.25, -0.2) is 4.79 Å². The Morgan fingerprint density at radius 2 is 1.96 bits per heavy atom. The van der Waals surface area contributed by atoms with Crippen LogP contribution in [0.1, 0.15) is 57.4 Å². The second-order valence-corrected chi connectivity index (χ2v) is 7.81. The van der Waals surface area contributed by atoms with Gasteiger partial charge in [0.05, 0.1) is 6.54 Å². The van der Waals surface area contributed by atoms with Crippen LogP contribution < -0.4 is 15.5 Å². The number of benzene rings is 1. The molecule has 150 valence electrons. The molecule has 0 atom stereocenters. The maximum Gasteiger partial charge on any atom is 0.321 e.